The van der Waals surface area contributed by atoms with Crippen molar-refractivity contribution in [1.29, 1.82) is 0 Å². The van der Waals surface area contributed by atoms with Crippen LogP contribution in [0, 0.1) is 0 Å². The molecule has 0 saturated heterocycles. The topological polar surface area (TPSA) is 63.6 Å². The van der Waals surface area contributed by atoms with Gasteiger partial charge in [-0.1, -0.05) is 13.5 Å². The Morgan fingerprint density at radius 2 is 2.00 bits per heavy atom. The van der Waals surface area contributed by atoms with Gasteiger partial charge in [-0.3, -0.25) is 0 Å². The molecule has 0 aliphatic carbocycles. The summed E-state index contributed by atoms with van der Waals surface area (Å²) in [4.78, 5) is 21.2. The Bertz CT molecular complexity index is 212. The molecule has 0 fully saturated rings. The Labute approximate surface area is 99.2 Å². The van der Waals surface area contributed by atoms with Gasteiger partial charge in [0.15, 0.2) is 6.10 Å². The molecule has 0 spiro atoms. The Balaban J connectivity index is 0. The number of ether oxygens (including phenoxy) is 1. The zero-order valence-electron chi connectivity index (χ0n) is 7.16. The van der Waals surface area contributed by atoms with E-state index in [2.05, 4.69) is 11.3 Å². The molecule has 0 bridgehead atoms. The SMILES string of the molecule is C=C(C)C(=O)OC(CC)C(=O)O.[NaH]. The van der Waals surface area contributed by atoms with Gasteiger partial charge < -0.3 is 9.84 Å². The number of carbonyl (C=O) groups excluding carboxylic acids is 1. The van der Waals surface area contributed by atoms with Crippen LogP contribution in [0.4, 0.5) is 0 Å². The third-order valence-corrected chi connectivity index (χ3v) is 1.24. The van der Waals surface area contributed by atoms with Gasteiger partial charge in [0.25, 0.3) is 0 Å². The van der Waals surface area contributed by atoms with Crippen molar-refractivity contribution in [2.24, 2.45) is 0 Å². The molecule has 1 N–H and O–H groups in total. The van der Waals surface area contributed by atoms with Gasteiger partial charge in [0.05, 0.1) is 0 Å². The van der Waals surface area contributed by atoms with E-state index in [9.17, 15) is 9.59 Å². The molecule has 70 valence electrons. The molecule has 0 aromatic carbocycles. The van der Waals surface area contributed by atoms with Gasteiger partial charge in [-0.05, 0) is 13.3 Å². The van der Waals surface area contributed by atoms with E-state index in [0.29, 0.717) is 0 Å². The first-order valence-corrected chi connectivity index (χ1v) is 3.58. The van der Waals surface area contributed by atoms with Gasteiger partial charge >= 0.3 is 41.5 Å². The Morgan fingerprint density at radius 1 is 1.54 bits per heavy atom. The summed E-state index contributed by atoms with van der Waals surface area (Å²) in [5, 5.41) is 8.50. The quantitative estimate of drug-likeness (QED) is 0.399. The van der Waals surface area contributed by atoms with Gasteiger partial charge in [-0.2, -0.15) is 0 Å². The number of esters is 1. The van der Waals surface area contributed by atoms with Crippen molar-refractivity contribution < 1.29 is 19.4 Å². The van der Waals surface area contributed by atoms with Crippen molar-refractivity contribution in [2.75, 3.05) is 0 Å². The summed E-state index contributed by atoms with van der Waals surface area (Å²) in [6, 6.07) is 0. The number of rotatable bonds is 4. The fraction of sp³-hybridized carbons (Fsp3) is 0.500. The van der Waals surface area contributed by atoms with Crippen LogP contribution in [0.5, 0.6) is 0 Å². The zero-order chi connectivity index (χ0) is 9.72. The van der Waals surface area contributed by atoms with Crippen molar-refractivity contribution in [3.8, 4) is 0 Å². The molecule has 13 heavy (non-hydrogen) atoms. The van der Waals surface area contributed by atoms with E-state index in [1.807, 2.05) is 0 Å². The molecule has 1 atom stereocenters. The van der Waals surface area contributed by atoms with Crippen LogP contribution in [0.25, 0.3) is 0 Å². The molecular formula is C8H13NaO4. The van der Waals surface area contributed by atoms with E-state index in [1.54, 1.807) is 6.92 Å². The number of hydrogen-bond donors (Lipinski definition) is 1. The fourth-order valence-electron chi connectivity index (χ4n) is 0.538. The van der Waals surface area contributed by atoms with Gasteiger partial charge in [-0.25, -0.2) is 9.59 Å². The number of carboxylic acid groups (broad SMARTS) is 1. The average molecular weight is 196 g/mol. The first-order chi connectivity index (χ1) is 5.49. The molecular weight excluding hydrogens is 183 g/mol. The molecule has 0 rings (SSSR count). The van der Waals surface area contributed by atoms with Crippen molar-refractivity contribution in [1.82, 2.24) is 0 Å². The van der Waals surface area contributed by atoms with Crippen LogP contribution >= 0.6 is 0 Å². The van der Waals surface area contributed by atoms with Gasteiger partial charge in [0.2, 0.25) is 0 Å². The van der Waals surface area contributed by atoms with E-state index >= 15 is 0 Å². The Morgan fingerprint density at radius 3 is 2.23 bits per heavy atom. The Hall–Kier alpha value is -0.320. The molecule has 4 nitrogen and oxygen atoms in total. The molecule has 0 aromatic heterocycles. The number of hydrogen-bond acceptors (Lipinski definition) is 3. The summed E-state index contributed by atoms with van der Waals surface area (Å²) < 4.78 is 4.58. The predicted molar refractivity (Wildman–Crippen MR) is 49.8 cm³/mol. The van der Waals surface area contributed by atoms with Crippen LogP contribution in [-0.2, 0) is 14.3 Å². The van der Waals surface area contributed by atoms with Crippen LogP contribution < -0.4 is 0 Å². The minimum atomic E-state index is -1.13. The molecule has 0 heterocycles. The fourth-order valence-corrected chi connectivity index (χ4v) is 0.538. The molecule has 0 saturated carbocycles. The number of carbonyl (C=O) groups is 2. The molecule has 0 aliphatic heterocycles. The van der Waals surface area contributed by atoms with Crippen molar-refractivity contribution in [2.45, 2.75) is 26.4 Å². The Kier molecular flexibility index (Phi) is 8.30. The normalized spacial score (nSPS) is 10.9. The maximum absolute atomic E-state index is 10.8. The van der Waals surface area contributed by atoms with E-state index in [4.69, 9.17) is 5.11 Å². The maximum atomic E-state index is 10.8. The standard InChI is InChI=1S/C8H12O4.Na.H/c1-4-6(7(9)10)12-8(11)5(2)3;;/h6H,2,4H2,1,3H3,(H,9,10);;. The minimum absolute atomic E-state index is 0. The first-order valence-electron chi connectivity index (χ1n) is 3.58. The van der Waals surface area contributed by atoms with Crippen LogP contribution in [0.1, 0.15) is 20.3 Å². The van der Waals surface area contributed by atoms with Crippen LogP contribution in [0.3, 0.4) is 0 Å². The molecule has 0 radical (unpaired) electrons. The van der Waals surface area contributed by atoms with Crippen molar-refractivity contribution in [3.05, 3.63) is 12.2 Å². The van der Waals surface area contributed by atoms with Gasteiger partial charge in [-0.15, -0.1) is 0 Å². The second-order valence-electron chi connectivity index (χ2n) is 2.42. The molecule has 1 unspecified atom stereocenters. The van der Waals surface area contributed by atoms with Crippen LogP contribution in [-0.4, -0.2) is 52.7 Å². The van der Waals surface area contributed by atoms with E-state index < -0.39 is 18.0 Å². The van der Waals surface area contributed by atoms with Crippen LogP contribution in [0.15, 0.2) is 12.2 Å². The third kappa shape index (κ3) is 5.85. The van der Waals surface area contributed by atoms with Crippen molar-refractivity contribution in [3.63, 3.8) is 0 Å². The summed E-state index contributed by atoms with van der Waals surface area (Å²) in [7, 11) is 0. The summed E-state index contributed by atoms with van der Waals surface area (Å²) in [5.74, 6) is -1.80. The van der Waals surface area contributed by atoms with Gasteiger partial charge in [0.1, 0.15) is 0 Å². The van der Waals surface area contributed by atoms with Gasteiger partial charge in [0, 0.05) is 5.57 Å². The predicted octanol–water partition coefficient (Wildman–Crippen LogP) is 0.320. The molecule has 0 aromatic rings. The first kappa shape index (κ1) is 15.2. The third-order valence-electron chi connectivity index (χ3n) is 1.24. The average Bonchev–Trinajstić information content (AvgIpc) is 1.98. The monoisotopic (exact) mass is 196 g/mol. The second kappa shape index (κ2) is 7.12. The zero-order valence-corrected chi connectivity index (χ0v) is 7.16. The summed E-state index contributed by atoms with van der Waals surface area (Å²) >= 11 is 0. The molecule has 0 aliphatic rings. The van der Waals surface area contributed by atoms with E-state index in [1.165, 1.54) is 6.92 Å². The summed E-state index contributed by atoms with van der Waals surface area (Å²) in [6.45, 7) is 6.43. The number of carboxylic acids is 1. The number of aliphatic carboxylic acids is 1. The van der Waals surface area contributed by atoms with Crippen molar-refractivity contribution >= 4 is 41.5 Å². The molecule has 5 heteroatoms. The summed E-state index contributed by atoms with van der Waals surface area (Å²) in [5.41, 5.74) is 0.203. The second-order valence-corrected chi connectivity index (χ2v) is 2.42. The molecule has 0 amide bonds. The van der Waals surface area contributed by atoms with Crippen LogP contribution in [0.2, 0.25) is 0 Å². The van der Waals surface area contributed by atoms with E-state index in [-0.39, 0.29) is 41.6 Å². The van der Waals surface area contributed by atoms with E-state index in [0.717, 1.165) is 0 Å². The summed E-state index contributed by atoms with van der Waals surface area (Å²) in [6.07, 6.45) is -0.803.